The van der Waals surface area contributed by atoms with Crippen LogP contribution in [0.4, 0.5) is 5.69 Å². The van der Waals surface area contributed by atoms with E-state index in [1.807, 2.05) is 12.1 Å². The van der Waals surface area contributed by atoms with Crippen LogP contribution in [0.3, 0.4) is 0 Å². The van der Waals surface area contributed by atoms with Crippen LogP contribution in [0.5, 0.6) is 5.75 Å². The van der Waals surface area contributed by atoms with Gasteiger partial charge >= 0.3 is 0 Å². The highest BCUT2D eigenvalue weighted by atomic mass is 79.9. The van der Waals surface area contributed by atoms with Gasteiger partial charge in [0, 0.05) is 30.1 Å². The van der Waals surface area contributed by atoms with Gasteiger partial charge in [-0.25, -0.2) is 0 Å². The molecule has 3 nitrogen and oxygen atoms in total. The molecule has 0 N–H and O–H groups in total. The molecule has 3 rings (SSSR count). The number of halogens is 1. The highest BCUT2D eigenvalue weighted by molar-refractivity contribution is 9.10. The molecule has 0 aliphatic carbocycles. The van der Waals surface area contributed by atoms with Crippen LogP contribution in [0.25, 0.3) is 0 Å². The maximum absolute atomic E-state index is 5.51. The Kier molecular flexibility index (Phi) is 3.99. The van der Waals surface area contributed by atoms with Crippen molar-refractivity contribution in [1.82, 2.24) is 4.90 Å². The number of benzene rings is 1. The van der Waals surface area contributed by atoms with E-state index in [1.165, 1.54) is 38.0 Å². The van der Waals surface area contributed by atoms with Crippen molar-refractivity contribution < 1.29 is 4.74 Å². The molecule has 0 aromatic heterocycles. The van der Waals surface area contributed by atoms with E-state index in [1.54, 1.807) is 7.11 Å². The van der Waals surface area contributed by atoms with Gasteiger partial charge in [0.05, 0.1) is 12.8 Å². The van der Waals surface area contributed by atoms with Gasteiger partial charge in [0.15, 0.2) is 0 Å². The van der Waals surface area contributed by atoms with Crippen molar-refractivity contribution in [3.05, 3.63) is 22.7 Å². The molecule has 0 amide bonds. The lowest BCUT2D eigenvalue weighted by molar-refractivity contribution is 0.133. The monoisotopic (exact) mass is 324 g/mol. The van der Waals surface area contributed by atoms with Crippen LogP contribution in [-0.2, 0) is 0 Å². The number of methoxy groups -OCH3 is 1. The molecule has 1 atom stereocenters. The van der Waals surface area contributed by atoms with Gasteiger partial charge in [0.2, 0.25) is 0 Å². The molecule has 1 aromatic rings. The molecule has 104 valence electrons. The maximum atomic E-state index is 5.51. The fourth-order valence-corrected chi connectivity index (χ4v) is 3.63. The molecule has 1 unspecified atom stereocenters. The lowest BCUT2D eigenvalue weighted by Gasteiger charge is -2.45. The molecule has 2 aliphatic heterocycles. The van der Waals surface area contributed by atoms with E-state index in [-0.39, 0.29) is 0 Å². The van der Waals surface area contributed by atoms with Crippen molar-refractivity contribution in [3.63, 3.8) is 0 Å². The number of anilines is 1. The van der Waals surface area contributed by atoms with E-state index in [4.69, 9.17) is 4.74 Å². The molecule has 2 fully saturated rings. The van der Waals surface area contributed by atoms with Gasteiger partial charge in [-0.2, -0.15) is 0 Å². The standard InChI is InChI=1S/C15H21BrN2O/c1-19-15-6-5-12(16)10-14(15)18-9-8-17-7-3-2-4-13(17)11-18/h5-6,10,13H,2-4,7-9,11H2,1H3. The van der Waals surface area contributed by atoms with Gasteiger partial charge in [-0.05, 0) is 37.6 Å². The average Bonchev–Trinajstić information content (AvgIpc) is 2.46. The predicted molar refractivity (Wildman–Crippen MR) is 82.1 cm³/mol. The molecule has 2 heterocycles. The first-order valence-corrected chi connectivity index (χ1v) is 7.90. The van der Waals surface area contributed by atoms with Crippen LogP contribution < -0.4 is 9.64 Å². The maximum Gasteiger partial charge on any atom is 0.142 e. The zero-order valence-corrected chi connectivity index (χ0v) is 13.0. The Morgan fingerprint density at radius 1 is 1.21 bits per heavy atom. The number of piperazine rings is 1. The predicted octanol–water partition coefficient (Wildman–Crippen LogP) is 3.13. The summed E-state index contributed by atoms with van der Waals surface area (Å²) in [4.78, 5) is 5.14. The number of piperidine rings is 1. The zero-order chi connectivity index (χ0) is 13.2. The number of nitrogens with zero attached hydrogens (tertiary/aromatic N) is 2. The van der Waals surface area contributed by atoms with Gasteiger partial charge in [-0.3, -0.25) is 4.90 Å². The van der Waals surface area contributed by atoms with E-state index in [9.17, 15) is 0 Å². The number of hydrogen-bond donors (Lipinski definition) is 0. The molecule has 4 heteroatoms. The highest BCUT2D eigenvalue weighted by Gasteiger charge is 2.29. The summed E-state index contributed by atoms with van der Waals surface area (Å²) >= 11 is 3.57. The van der Waals surface area contributed by atoms with Crippen molar-refractivity contribution >= 4 is 21.6 Å². The van der Waals surface area contributed by atoms with Crippen LogP contribution in [0.1, 0.15) is 19.3 Å². The Balaban J connectivity index is 1.80. The first-order chi connectivity index (χ1) is 9.28. The number of hydrogen-bond acceptors (Lipinski definition) is 3. The van der Waals surface area contributed by atoms with Crippen molar-refractivity contribution in [2.75, 3.05) is 38.2 Å². The van der Waals surface area contributed by atoms with Gasteiger partial charge in [-0.1, -0.05) is 22.4 Å². The molecule has 2 aliphatic rings. The van der Waals surface area contributed by atoms with Gasteiger partial charge < -0.3 is 9.64 Å². The number of ether oxygens (including phenoxy) is 1. The summed E-state index contributed by atoms with van der Waals surface area (Å²) < 4.78 is 6.63. The van der Waals surface area contributed by atoms with Crippen LogP contribution in [0.15, 0.2) is 22.7 Å². The quantitative estimate of drug-likeness (QED) is 0.831. The fourth-order valence-electron chi connectivity index (χ4n) is 3.29. The third kappa shape index (κ3) is 2.75. The fraction of sp³-hybridized carbons (Fsp3) is 0.600. The smallest absolute Gasteiger partial charge is 0.142 e. The topological polar surface area (TPSA) is 15.7 Å². The molecule has 0 spiro atoms. The Morgan fingerprint density at radius 2 is 2.11 bits per heavy atom. The average molecular weight is 325 g/mol. The Labute approximate surface area is 123 Å². The normalized spacial score (nSPS) is 24.1. The van der Waals surface area contributed by atoms with Crippen molar-refractivity contribution in [3.8, 4) is 5.75 Å². The van der Waals surface area contributed by atoms with Crippen LogP contribution in [-0.4, -0.2) is 44.2 Å². The number of rotatable bonds is 2. The Hall–Kier alpha value is -0.740. The van der Waals surface area contributed by atoms with E-state index >= 15 is 0 Å². The summed E-state index contributed by atoms with van der Waals surface area (Å²) in [5, 5.41) is 0. The van der Waals surface area contributed by atoms with Crippen LogP contribution in [0.2, 0.25) is 0 Å². The highest BCUT2D eigenvalue weighted by Crippen LogP contribution is 2.33. The molecular weight excluding hydrogens is 304 g/mol. The van der Waals surface area contributed by atoms with Crippen LogP contribution in [0, 0.1) is 0 Å². The van der Waals surface area contributed by atoms with Gasteiger partial charge in [-0.15, -0.1) is 0 Å². The van der Waals surface area contributed by atoms with E-state index in [2.05, 4.69) is 31.8 Å². The summed E-state index contributed by atoms with van der Waals surface area (Å²) in [5.41, 5.74) is 1.22. The second-order valence-electron chi connectivity index (χ2n) is 5.45. The van der Waals surface area contributed by atoms with Gasteiger partial charge in [0.1, 0.15) is 5.75 Å². The van der Waals surface area contributed by atoms with E-state index in [0.29, 0.717) is 0 Å². The van der Waals surface area contributed by atoms with E-state index in [0.717, 1.165) is 29.4 Å². The molecule has 0 radical (unpaired) electrons. The molecule has 0 saturated carbocycles. The SMILES string of the molecule is COc1ccc(Br)cc1N1CCN2CCCCC2C1. The zero-order valence-electron chi connectivity index (χ0n) is 11.4. The molecule has 0 bridgehead atoms. The van der Waals surface area contributed by atoms with Gasteiger partial charge in [0.25, 0.3) is 0 Å². The lowest BCUT2D eigenvalue weighted by atomic mass is 9.99. The first-order valence-electron chi connectivity index (χ1n) is 7.10. The third-order valence-electron chi connectivity index (χ3n) is 4.32. The summed E-state index contributed by atoms with van der Waals surface area (Å²) in [5.74, 6) is 0.979. The third-order valence-corrected chi connectivity index (χ3v) is 4.81. The molecule has 2 saturated heterocycles. The molecule has 1 aromatic carbocycles. The second-order valence-corrected chi connectivity index (χ2v) is 6.36. The van der Waals surface area contributed by atoms with Crippen molar-refractivity contribution in [1.29, 1.82) is 0 Å². The summed E-state index contributed by atoms with van der Waals surface area (Å²) in [6, 6.07) is 6.99. The first kappa shape index (κ1) is 13.3. The Bertz CT molecular complexity index is 452. The number of fused-ring (bicyclic) bond motifs is 1. The summed E-state index contributed by atoms with van der Waals surface area (Å²) in [7, 11) is 1.75. The molecule has 19 heavy (non-hydrogen) atoms. The Morgan fingerprint density at radius 3 is 2.95 bits per heavy atom. The minimum absolute atomic E-state index is 0.728. The minimum Gasteiger partial charge on any atom is -0.495 e. The molecular formula is C15H21BrN2O. The minimum atomic E-state index is 0.728. The van der Waals surface area contributed by atoms with E-state index < -0.39 is 0 Å². The van der Waals surface area contributed by atoms with Crippen molar-refractivity contribution in [2.45, 2.75) is 25.3 Å². The summed E-state index contributed by atoms with van der Waals surface area (Å²) in [6.07, 6.45) is 4.09. The van der Waals surface area contributed by atoms with Crippen molar-refractivity contribution in [2.24, 2.45) is 0 Å². The van der Waals surface area contributed by atoms with Crippen LogP contribution >= 0.6 is 15.9 Å². The second kappa shape index (κ2) is 5.71. The summed E-state index contributed by atoms with van der Waals surface area (Å²) in [6.45, 7) is 4.70. The largest absolute Gasteiger partial charge is 0.495 e. The lowest BCUT2D eigenvalue weighted by Crippen LogP contribution is -2.54.